The number of unbranched alkanes of at least 4 members (excludes halogenated alkanes) is 1. The molecule has 3 fully saturated rings. The second kappa shape index (κ2) is 49.2. The summed E-state index contributed by atoms with van der Waals surface area (Å²) in [6.07, 6.45) is 0.0715. The van der Waals surface area contributed by atoms with E-state index in [0.29, 0.717) is 75.5 Å². The second-order valence-electron chi connectivity index (χ2n) is 34.1. The lowest BCUT2D eigenvalue weighted by atomic mass is 9.98. The Morgan fingerprint density at radius 2 is 1.01 bits per heavy atom. The number of carbonyl (C=O) groups excluding carboxylic acids is 16. The highest BCUT2D eigenvalue weighted by molar-refractivity contribution is 8.00. The molecular formula is C95H115F3N17O19S-. The van der Waals surface area contributed by atoms with Crippen LogP contribution in [0.1, 0.15) is 106 Å². The van der Waals surface area contributed by atoms with Gasteiger partial charge in [-0.05, 0) is 120 Å². The van der Waals surface area contributed by atoms with Gasteiger partial charge >= 0.3 is 0 Å². The van der Waals surface area contributed by atoms with Crippen molar-refractivity contribution in [2.45, 2.75) is 189 Å². The summed E-state index contributed by atoms with van der Waals surface area (Å²) >= 11 is 0.646. The van der Waals surface area contributed by atoms with Crippen molar-refractivity contribution >= 4 is 118 Å². The van der Waals surface area contributed by atoms with E-state index in [1.54, 1.807) is 105 Å². The molecule has 0 aliphatic carbocycles. The molecule has 15 N–H and O–H groups in total. The van der Waals surface area contributed by atoms with E-state index in [-0.39, 0.29) is 101 Å². The Morgan fingerprint density at radius 3 is 1.58 bits per heavy atom. The third kappa shape index (κ3) is 28.1. The van der Waals surface area contributed by atoms with Gasteiger partial charge in [-0.3, -0.25) is 76.7 Å². The van der Waals surface area contributed by atoms with Crippen molar-refractivity contribution < 1.29 is 105 Å². The number of hydrogen-bond donors (Lipinski definition) is 13. The topological polar surface area (TPSA) is 513 Å². The molecule has 0 radical (unpaired) electrons. The summed E-state index contributed by atoms with van der Waals surface area (Å²) in [7, 11) is 3.80. The number of likely N-dealkylation sites (N-methyl/N-ethyl adjacent to an activating group) is 3. The second-order valence-corrected chi connectivity index (χ2v) is 35.1. The van der Waals surface area contributed by atoms with Gasteiger partial charge < -0.3 is 104 Å². The van der Waals surface area contributed by atoms with Crippen LogP contribution >= 0.6 is 11.8 Å². The Morgan fingerprint density at radius 1 is 0.526 bits per heavy atom. The Kier molecular flexibility index (Phi) is 37.6. The number of benzene rings is 6. The van der Waals surface area contributed by atoms with E-state index in [4.69, 9.17) is 16.2 Å². The lowest BCUT2D eigenvalue weighted by molar-refractivity contribution is -0.152. The third-order valence-corrected chi connectivity index (χ3v) is 25.1. The number of nitrogens with two attached hydrogens (primary N) is 1. The third-order valence-electron chi connectivity index (χ3n) is 24.1. The fraction of sp³-hybridized carbons (Fsp3) is 0.432. The first-order valence-electron chi connectivity index (χ1n) is 44.6. The first-order valence-corrected chi connectivity index (χ1v) is 45.7. The van der Waals surface area contributed by atoms with Crippen LogP contribution in [0.4, 0.5) is 13.2 Å². The van der Waals surface area contributed by atoms with Gasteiger partial charge in [-0.1, -0.05) is 137 Å². The van der Waals surface area contributed by atoms with Gasteiger partial charge in [-0.2, -0.15) is 0 Å². The number of phenolic OH excluding ortho intramolecular Hbond substituents is 2. The van der Waals surface area contributed by atoms with Crippen LogP contribution in [0.3, 0.4) is 0 Å². The molecule has 0 unspecified atom stereocenters. The van der Waals surface area contributed by atoms with Gasteiger partial charge in [0, 0.05) is 95.6 Å². The van der Waals surface area contributed by atoms with E-state index in [1.165, 1.54) is 79.5 Å². The van der Waals surface area contributed by atoms with Gasteiger partial charge in [-0.15, -0.1) is 18.3 Å². The Balaban J connectivity index is 1.05. The van der Waals surface area contributed by atoms with E-state index < -0.39 is 235 Å². The van der Waals surface area contributed by atoms with Crippen molar-refractivity contribution in [3.63, 3.8) is 0 Å². The number of nitrogens with zero attached hydrogens (tertiary/aromatic N) is 5. The molecule has 722 valence electrons. The molecule has 4 heterocycles. The van der Waals surface area contributed by atoms with Gasteiger partial charge in [0.2, 0.25) is 88.6 Å². The minimum absolute atomic E-state index is 0.00152. The van der Waals surface area contributed by atoms with Gasteiger partial charge in [0.25, 0.3) is 6.47 Å². The molecular weight excluding hydrogens is 1770 g/mol. The highest BCUT2D eigenvalue weighted by Gasteiger charge is 2.46. The van der Waals surface area contributed by atoms with Crippen LogP contribution in [-0.2, 0) is 120 Å². The molecule has 0 bridgehead atoms. The number of ether oxygens (including phenoxy) is 1. The summed E-state index contributed by atoms with van der Waals surface area (Å²) in [6, 6.07) is 15.3. The lowest BCUT2D eigenvalue weighted by Gasteiger charge is -2.38. The van der Waals surface area contributed by atoms with Gasteiger partial charge in [0.1, 0.15) is 96.6 Å². The monoisotopic (exact) mass is 1890 g/mol. The molecule has 1 aromatic heterocycles. The molecule has 6 aromatic carbocycles. The maximum Gasteiger partial charge on any atom is 0.293 e. The van der Waals surface area contributed by atoms with Crippen LogP contribution in [0.5, 0.6) is 11.5 Å². The number of rotatable bonds is 24. The van der Waals surface area contributed by atoms with Crippen molar-refractivity contribution in [2.24, 2.45) is 11.7 Å². The zero-order chi connectivity index (χ0) is 97.9. The smallest absolute Gasteiger partial charge is 0.293 e. The number of carbonyl (C=O) groups is 16. The SMILES string of the molecule is CCCC[C@H]1C(=O)N2CCC[C@@H]2C(=O)N[C@@H](COC=O)C(=O)N[C@@H](C(C)C)C(=O)N(C)[C@@H](Cc2ccccc2)C(=O)N[C@@H](Cc2ccc(O)cc2)C(=O)N2CCC[C@@H]2C(=O)N[C@@H](Cc2c[nH]c3ccccc23)C(=O)N[C@@H](Cc2ccc(O)cc2)C(=O)N[C@@H](CC[NH-])C(=O)N[C@H](C(=O)NCC(N)=O)CSCC(=O)N[C@@H](Cc2cc(F)c(F)c(F)c2)C(=O)N(C)[C@@H](Cc2ccccc2)C(=O)N1C. The maximum absolute atomic E-state index is 15.8. The molecule has 15 amide bonds. The largest absolute Gasteiger partial charge is 0.677 e. The fourth-order valence-corrected chi connectivity index (χ4v) is 17.5. The molecule has 3 aliphatic heterocycles. The number of aromatic nitrogens is 1. The fourth-order valence-electron chi connectivity index (χ4n) is 16.7. The summed E-state index contributed by atoms with van der Waals surface area (Å²) in [6.45, 7) is 2.68. The van der Waals surface area contributed by atoms with Crippen LogP contribution < -0.4 is 53.6 Å². The van der Waals surface area contributed by atoms with Crippen LogP contribution in [0.15, 0.2) is 152 Å². The first kappa shape index (κ1) is 103. The molecule has 0 spiro atoms. The highest BCUT2D eigenvalue weighted by Crippen LogP contribution is 2.29. The predicted molar refractivity (Wildman–Crippen MR) is 490 cm³/mol. The van der Waals surface area contributed by atoms with Crippen LogP contribution in [0.25, 0.3) is 16.6 Å². The number of H-pyrrole nitrogens is 1. The summed E-state index contributed by atoms with van der Waals surface area (Å²) in [5.74, 6) is -22.1. The minimum atomic E-state index is -1.88. The van der Waals surface area contributed by atoms with Gasteiger partial charge in [-0.25, -0.2) is 13.2 Å². The number of nitrogens with one attached hydrogen (secondary N) is 11. The highest BCUT2D eigenvalue weighted by atomic mass is 32.2. The zero-order valence-corrected chi connectivity index (χ0v) is 76.4. The Labute approximate surface area is 782 Å². The number of aromatic amines is 1. The number of thioether (sulfide) groups is 1. The molecule has 135 heavy (non-hydrogen) atoms. The average Bonchev–Trinajstić information content (AvgIpc) is 1.78. The summed E-state index contributed by atoms with van der Waals surface area (Å²) < 4.78 is 50.2. The molecule has 36 nitrogen and oxygen atoms in total. The van der Waals surface area contributed by atoms with Gasteiger partial charge in [0.05, 0.1) is 12.3 Å². The predicted octanol–water partition coefficient (Wildman–Crippen LogP) is 2.90. The number of halogens is 3. The number of hydrogen-bond acceptors (Lipinski definition) is 20. The number of primary amides is 1. The molecule has 7 aromatic rings. The molecule has 3 aliphatic rings. The Hall–Kier alpha value is -13.9. The molecule has 13 atom stereocenters. The molecule has 3 saturated heterocycles. The summed E-state index contributed by atoms with van der Waals surface area (Å²) in [5.41, 5.74) is 16.2. The van der Waals surface area contributed by atoms with Crippen molar-refractivity contribution in [2.75, 3.05) is 65.4 Å². The van der Waals surface area contributed by atoms with E-state index in [0.717, 1.165) is 14.7 Å². The minimum Gasteiger partial charge on any atom is -0.677 e. The van der Waals surface area contributed by atoms with Crippen molar-refractivity contribution in [3.05, 3.63) is 208 Å². The normalized spacial score (nSPS) is 23.3. The van der Waals surface area contributed by atoms with E-state index in [2.05, 4.69) is 52.8 Å². The number of para-hydroxylation sites is 1. The first-order chi connectivity index (χ1) is 64.6. The Bertz CT molecular complexity index is 5370. The lowest BCUT2D eigenvalue weighted by Crippen LogP contribution is -2.62. The molecule has 0 saturated carbocycles. The van der Waals surface area contributed by atoms with Gasteiger partial charge in [0.15, 0.2) is 17.5 Å². The van der Waals surface area contributed by atoms with Crippen molar-refractivity contribution in [3.8, 4) is 11.5 Å². The van der Waals surface area contributed by atoms with E-state index in [1.807, 2.05) is 6.92 Å². The quantitative estimate of drug-likeness (QED) is 0.0305. The number of amides is 15. The number of phenols is 2. The molecule has 40 heteroatoms. The number of fused-ring (bicyclic) bond motifs is 3. The molecule has 10 rings (SSSR count). The van der Waals surface area contributed by atoms with Crippen molar-refractivity contribution in [1.29, 1.82) is 0 Å². The van der Waals surface area contributed by atoms with Crippen LogP contribution in [0.2, 0.25) is 0 Å². The van der Waals surface area contributed by atoms with Crippen LogP contribution in [-0.4, -0.2) is 279 Å². The maximum atomic E-state index is 15.8. The zero-order valence-electron chi connectivity index (χ0n) is 75.6. The summed E-state index contributed by atoms with van der Waals surface area (Å²) in [4.78, 5) is 246. The van der Waals surface area contributed by atoms with E-state index >= 15 is 51.9 Å². The van der Waals surface area contributed by atoms with Crippen molar-refractivity contribution in [1.82, 2.24) is 77.3 Å². The van der Waals surface area contributed by atoms with Crippen LogP contribution in [0, 0.1) is 23.4 Å². The standard InChI is InChI=1S/C95H115F3N17O19S/c1-7-8-25-76-94(132)115-39-18-27-75(115)89(127)108-72(50-134-53-116)87(125)110-82(54(2)3)95(133)112(5)77(45-55-19-11-9-12-20-55)90(128)107-71(43-58-30-34-62(118)35-31-58)92(130)114-38-17-26-74(114)88(126)106-69(47-60-48-101-66-24-16-15-23-63(60)66)86(124)105-68(42-57-28-32-61(117)33-29-57)85(123)104-67(36-37-99)84(122)109-73(83(121)102-49-79(100)119)51-135-52-80(120)103-70(44-59-40-64(96)81(98)65(97)41-59)91(129)113(6)78(93(131)111(76)4)46-56-21-13-10-14-22-56/h9-16,19-24,28-35,40-41,48,53-54,67-78,82,99,101,117-118H,7-8,17-18,25-27,36-39,42-47,49-52H2,1-6H3,(H2,100,119)(H,102,121)(H,103,120)(H,104,123)(H,105,124)(H,106,126)(H,107,128)(H,108,127)(H,109,122)(H,110,125)/q-1/t67-,68-,69-,70-,71-,72-,73-,74+,75+,76-,77-,78-,82-/m0/s1. The van der Waals surface area contributed by atoms with E-state index in [9.17, 15) is 48.2 Å². The number of aromatic hydroxyl groups is 2. The summed E-state index contributed by atoms with van der Waals surface area (Å²) in [5, 5.41) is 45.1. The average molecular weight is 1890 g/mol.